The van der Waals surface area contributed by atoms with Crippen molar-refractivity contribution in [2.24, 2.45) is 11.7 Å². The summed E-state index contributed by atoms with van der Waals surface area (Å²) in [6.07, 6.45) is 0. The van der Waals surface area contributed by atoms with Gasteiger partial charge in [0, 0.05) is 20.8 Å². The van der Waals surface area contributed by atoms with E-state index in [1.165, 1.54) is 0 Å². The summed E-state index contributed by atoms with van der Waals surface area (Å²) >= 11 is 9.39. The maximum absolute atomic E-state index is 12.2. The molecule has 6 nitrogen and oxygen atoms in total. The average molecular weight is 445 g/mol. The Balaban J connectivity index is 1.85. The lowest BCUT2D eigenvalue weighted by atomic mass is 9.89. The number of nitrogens with zero attached hydrogens (tertiary/aromatic N) is 3. The minimum atomic E-state index is -0.654. The van der Waals surface area contributed by atoms with Crippen LogP contribution in [0.1, 0.15) is 11.6 Å². The van der Waals surface area contributed by atoms with Gasteiger partial charge >= 0.3 is 0 Å². The molecule has 2 aromatic carbocycles. The number of aromatic nitrogens is 3. The molecule has 27 heavy (non-hydrogen) atoms. The first-order valence-electron chi connectivity index (χ1n) is 8.17. The number of fused-ring (bicyclic) bond motifs is 1. The topological polar surface area (TPSA) is 85.8 Å². The van der Waals surface area contributed by atoms with Crippen LogP contribution in [0.3, 0.4) is 0 Å². The van der Waals surface area contributed by atoms with Gasteiger partial charge in [0.25, 0.3) is 0 Å². The van der Waals surface area contributed by atoms with Gasteiger partial charge in [-0.05, 0) is 42.0 Å². The Morgan fingerprint density at radius 2 is 1.85 bits per heavy atom. The maximum Gasteiger partial charge on any atom is 0.229 e. The predicted octanol–water partition coefficient (Wildman–Crippen LogP) is 3.99. The second kappa shape index (κ2) is 6.83. The molecule has 1 amide bonds. The first-order valence-corrected chi connectivity index (χ1v) is 9.34. The zero-order valence-corrected chi connectivity index (χ0v) is 16.4. The number of nitrogens with two attached hydrogens (primary N) is 1. The number of amides is 1. The van der Waals surface area contributed by atoms with Crippen LogP contribution in [0.15, 0.2) is 65.3 Å². The van der Waals surface area contributed by atoms with E-state index in [1.54, 1.807) is 16.8 Å². The third-order valence-corrected chi connectivity index (χ3v) is 5.26. The van der Waals surface area contributed by atoms with Crippen molar-refractivity contribution in [1.82, 2.24) is 14.8 Å². The van der Waals surface area contributed by atoms with Crippen molar-refractivity contribution in [3.05, 3.63) is 75.9 Å². The Bertz CT molecular complexity index is 1030. The molecular weight excluding hydrogens is 430 g/mol. The first-order chi connectivity index (χ1) is 12.9. The summed E-state index contributed by atoms with van der Waals surface area (Å²) in [7, 11) is 0. The summed E-state index contributed by atoms with van der Waals surface area (Å²) in [5.74, 6) is -0.0994. The molecule has 8 heteroatoms. The van der Waals surface area contributed by atoms with Crippen molar-refractivity contribution in [2.75, 3.05) is 5.32 Å². The highest BCUT2D eigenvalue weighted by molar-refractivity contribution is 9.10. The lowest BCUT2D eigenvalue weighted by Gasteiger charge is -2.32. The zero-order chi connectivity index (χ0) is 19.1. The van der Waals surface area contributed by atoms with Gasteiger partial charge in [0.05, 0.1) is 6.04 Å². The lowest BCUT2D eigenvalue weighted by Crippen LogP contribution is -2.40. The number of nitrogens with one attached hydrogen (secondary N) is 1. The minimum absolute atomic E-state index is 0.437. The van der Waals surface area contributed by atoms with Crippen LogP contribution >= 0.6 is 27.5 Å². The van der Waals surface area contributed by atoms with E-state index in [4.69, 9.17) is 17.3 Å². The molecule has 0 bridgehead atoms. The molecule has 1 aromatic heterocycles. The standard InChI is InChI=1S/C19H15BrClN5O/c1-10-15(17(22)27)16(11-2-6-13(20)7-3-11)26-19(23-10)24-18(25-26)12-4-8-14(21)9-5-12/h2-9,15-16H,1H2,(H2,22,27)(H,23,24,25). The van der Waals surface area contributed by atoms with E-state index in [0.717, 1.165) is 15.6 Å². The normalized spacial score (nSPS) is 18.7. The molecule has 0 spiro atoms. The molecule has 0 radical (unpaired) electrons. The lowest BCUT2D eigenvalue weighted by molar-refractivity contribution is -0.121. The van der Waals surface area contributed by atoms with Crippen LogP contribution in [0.2, 0.25) is 5.02 Å². The quantitative estimate of drug-likeness (QED) is 0.639. The third-order valence-electron chi connectivity index (χ3n) is 4.48. The average Bonchev–Trinajstić information content (AvgIpc) is 3.05. The van der Waals surface area contributed by atoms with Gasteiger partial charge in [0.1, 0.15) is 5.92 Å². The van der Waals surface area contributed by atoms with Crippen molar-refractivity contribution in [3.63, 3.8) is 0 Å². The Morgan fingerprint density at radius 1 is 1.19 bits per heavy atom. The molecular formula is C19H15BrClN5O. The number of rotatable bonds is 3. The predicted molar refractivity (Wildman–Crippen MR) is 108 cm³/mol. The van der Waals surface area contributed by atoms with E-state index in [1.807, 2.05) is 36.4 Å². The van der Waals surface area contributed by atoms with Gasteiger partial charge in [-0.3, -0.25) is 4.79 Å². The zero-order valence-electron chi connectivity index (χ0n) is 14.1. The molecule has 0 fully saturated rings. The Kier molecular flexibility index (Phi) is 4.49. The van der Waals surface area contributed by atoms with Gasteiger partial charge in [-0.1, -0.05) is 46.2 Å². The highest BCUT2D eigenvalue weighted by Gasteiger charge is 2.39. The smallest absolute Gasteiger partial charge is 0.229 e. The number of carbonyl (C=O) groups excluding carboxylic acids is 1. The molecule has 2 unspecified atom stereocenters. The summed E-state index contributed by atoms with van der Waals surface area (Å²) in [4.78, 5) is 16.7. The number of benzene rings is 2. The molecule has 3 aromatic rings. The number of hydrogen-bond acceptors (Lipinski definition) is 4. The van der Waals surface area contributed by atoms with Gasteiger partial charge in [-0.15, -0.1) is 5.10 Å². The van der Waals surface area contributed by atoms with Crippen molar-refractivity contribution in [1.29, 1.82) is 0 Å². The number of carbonyl (C=O) groups is 1. The number of hydrogen-bond donors (Lipinski definition) is 2. The van der Waals surface area contributed by atoms with Gasteiger partial charge < -0.3 is 11.1 Å². The number of anilines is 1. The Labute approximate surface area is 169 Å². The van der Waals surface area contributed by atoms with Crippen LogP contribution in [-0.4, -0.2) is 20.7 Å². The molecule has 0 aliphatic carbocycles. The largest absolute Gasteiger partial charge is 0.369 e. The second-order valence-electron chi connectivity index (χ2n) is 6.24. The van der Waals surface area contributed by atoms with E-state index >= 15 is 0 Å². The van der Waals surface area contributed by atoms with Crippen molar-refractivity contribution in [2.45, 2.75) is 6.04 Å². The van der Waals surface area contributed by atoms with Gasteiger partial charge in [0.2, 0.25) is 11.9 Å². The van der Waals surface area contributed by atoms with Crippen LogP contribution in [0.25, 0.3) is 11.4 Å². The van der Waals surface area contributed by atoms with Gasteiger partial charge in [-0.2, -0.15) is 4.98 Å². The van der Waals surface area contributed by atoms with Gasteiger partial charge in [-0.25, -0.2) is 4.68 Å². The second-order valence-corrected chi connectivity index (χ2v) is 7.59. The number of primary amides is 1. The molecule has 0 saturated heterocycles. The highest BCUT2D eigenvalue weighted by Crippen LogP contribution is 2.38. The molecule has 136 valence electrons. The van der Waals surface area contributed by atoms with Crippen molar-refractivity contribution in [3.8, 4) is 11.4 Å². The SMILES string of the molecule is C=C1Nc2nc(-c3ccc(Cl)cc3)nn2C(c2ccc(Br)cc2)C1C(N)=O. The fraction of sp³-hybridized carbons (Fsp3) is 0.105. The summed E-state index contributed by atoms with van der Waals surface area (Å²) in [6.45, 7) is 3.98. The maximum atomic E-state index is 12.2. The Morgan fingerprint density at radius 3 is 2.48 bits per heavy atom. The summed E-state index contributed by atoms with van der Waals surface area (Å²) < 4.78 is 2.63. The van der Waals surface area contributed by atoms with Crippen molar-refractivity contribution < 1.29 is 4.79 Å². The van der Waals surface area contributed by atoms with E-state index in [2.05, 4.69) is 37.9 Å². The van der Waals surface area contributed by atoms with Crippen LogP contribution < -0.4 is 11.1 Å². The molecule has 4 rings (SSSR count). The molecule has 2 heterocycles. The fourth-order valence-electron chi connectivity index (χ4n) is 3.20. The monoisotopic (exact) mass is 443 g/mol. The molecule has 1 aliphatic heterocycles. The number of halogens is 2. The van der Waals surface area contributed by atoms with E-state index in [0.29, 0.717) is 22.5 Å². The first kappa shape index (κ1) is 17.8. The van der Waals surface area contributed by atoms with Crippen LogP contribution in [0.4, 0.5) is 5.95 Å². The van der Waals surface area contributed by atoms with E-state index in [-0.39, 0.29) is 0 Å². The summed E-state index contributed by atoms with van der Waals surface area (Å²) in [6, 6.07) is 14.5. The molecule has 3 N–H and O–H groups in total. The van der Waals surface area contributed by atoms with Crippen LogP contribution in [0.5, 0.6) is 0 Å². The fourth-order valence-corrected chi connectivity index (χ4v) is 3.59. The van der Waals surface area contributed by atoms with Crippen LogP contribution in [-0.2, 0) is 4.79 Å². The van der Waals surface area contributed by atoms with E-state index in [9.17, 15) is 4.79 Å². The van der Waals surface area contributed by atoms with Crippen LogP contribution in [0, 0.1) is 5.92 Å². The highest BCUT2D eigenvalue weighted by atomic mass is 79.9. The van der Waals surface area contributed by atoms with Crippen molar-refractivity contribution >= 4 is 39.4 Å². The summed E-state index contributed by atoms with van der Waals surface area (Å²) in [5.41, 5.74) is 7.89. The minimum Gasteiger partial charge on any atom is -0.369 e. The molecule has 1 aliphatic rings. The third kappa shape index (κ3) is 3.24. The summed E-state index contributed by atoms with van der Waals surface area (Å²) in [5, 5.41) is 8.34. The molecule has 2 atom stereocenters. The van der Waals surface area contributed by atoms with Gasteiger partial charge in [0.15, 0.2) is 5.82 Å². The molecule has 0 saturated carbocycles. The van der Waals surface area contributed by atoms with E-state index < -0.39 is 17.9 Å². The Hall–Kier alpha value is -2.64.